The molecule has 0 aliphatic heterocycles. The topological polar surface area (TPSA) is 84.9 Å². The highest BCUT2D eigenvalue weighted by atomic mass is 16.5. The summed E-state index contributed by atoms with van der Waals surface area (Å²) in [5, 5.41) is 0.777. The van der Waals surface area contributed by atoms with Gasteiger partial charge < -0.3 is 9.72 Å². The summed E-state index contributed by atoms with van der Waals surface area (Å²) in [7, 11) is 0. The SMILES string of the molecule is Cc1cnc(C(=O)O[C@H](C(=O)c2c[nH]c3ccccc23)c2ccccc2)cn1. The average molecular weight is 371 g/mol. The number of benzene rings is 2. The highest BCUT2D eigenvalue weighted by Crippen LogP contribution is 2.27. The highest BCUT2D eigenvalue weighted by Gasteiger charge is 2.29. The van der Waals surface area contributed by atoms with E-state index in [9.17, 15) is 9.59 Å². The molecule has 0 aliphatic rings. The average Bonchev–Trinajstić information content (AvgIpc) is 3.17. The number of carbonyl (C=O) groups excluding carboxylic acids is 2. The zero-order valence-electron chi connectivity index (χ0n) is 15.1. The molecule has 2 heterocycles. The normalized spacial score (nSPS) is 11.9. The largest absolute Gasteiger partial charge is 0.444 e. The summed E-state index contributed by atoms with van der Waals surface area (Å²) in [5.74, 6) is -1.01. The van der Waals surface area contributed by atoms with Crippen molar-refractivity contribution in [3.63, 3.8) is 0 Å². The van der Waals surface area contributed by atoms with E-state index in [1.165, 1.54) is 12.4 Å². The first-order valence-corrected chi connectivity index (χ1v) is 8.78. The molecule has 2 aromatic heterocycles. The second-order valence-electron chi connectivity index (χ2n) is 6.35. The molecule has 138 valence electrons. The van der Waals surface area contributed by atoms with Gasteiger partial charge in [-0.15, -0.1) is 0 Å². The molecule has 2 aromatic carbocycles. The Morgan fingerprint density at radius 1 is 0.964 bits per heavy atom. The number of aromatic nitrogens is 3. The summed E-state index contributed by atoms with van der Waals surface area (Å²) in [6.07, 6.45) is 3.38. The Morgan fingerprint density at radius 3 is 2.46 bits per heavy atom. The third-order valence-electron chi connectivity index (χ3n) is 4.41. The lowest BCUT2D eigenvalue weighted by atomic mass is 9.99. The molecule has 0 fully saturated rings. The monoisotopic (exact) mass is 371 g/mol. The van der Waals surface area contributed by atoms with E-state index in [-0.39, 0.29) is 11.5 Å². The first-order valence-electron chi connectivity index (χ1n) is 8.78. The van der Waals surface area contributed by atoms with Crippen LogP contribution in [0.5, 0.6) is 0 Å². The van der Waals surface area contributed by atoms with Crippen LogP contribution in [0.25, 0.3) is 10.9 Å². The third-order valence-corrected chi connectivity index (χ3v) is 4.41. The van der Waals surface area contributed by atoms with Gasteiger partial charge in [0.15, 0.2) is 11.8 Å². The van der Waals surface area contributed by atoms with E-state index in [4.69, 9.17) is 4.74 Å². The van der Waals surface area contributed by atoms with Crippen molar-refractivity contribution in [2.45, 2.75) is 13.0 Å². The number of nitrogens with one attached hydrogen (secondary N) is 1. The van der Waals surface area contributed by atoms with Crippen molar-refractivity contribution >= 4 is 22.7 Å². The van der Waals surface area contributed by atoms with Gasteiger partial charge in [-0.2, -0.15) is 0 Å². The maximum Gasteiger partial charge on any atom is 0.359 e. The summed E-state index contributed by atoms with van der Waals surface area (Å²) in [5.41, 5.74) is 2.64. The minimum atomic E-state index is -1.09. The molecule has 0 saturated heterocycles. The van der Waals surface area contributed by atoms with Crippen LogP contribution in [0.15, 0.2) is 73.2 Å². The summed E-state index contributed by atoms with van der Waals surface area (Å²) < 4.78 is 5.59. The second kappa shape index (κ2) is 7.44. The maximum absolute atomic E-state index is 13.3. The van der Waals surface area contributed by atoms with Crippen molar-refractivity contribution in [1.29, 1.82) is 0 Å². The predicted molar refractivity (Wildman–Crippen MR) is 104 cm³/mol. The number of fused-ring (bicyclic) bond motifs is 1. The molecule has 0 unspecified atom stereocenters. The Hall–Kier alpha value is -3.80. The van der Waals surface area contributed by atoms with E-state index in [1.807, 2.05) is 30.3 Å². The molecule has 6 nitrogen and oxygen atoms in total. The van der Waals surface area contributed by atoms with E-state index in [0.29, 0.717) is 16.8 Å². The first-order chi connectivity index (χ1) is 13.6. The van der Waals surface area contributed by atoms with Crippen LogP contribution < -0.4 is 0 Å². The molecule has 1 atom stereocenters. The van der Waals surface area contributed by atoms with E-state index in [2.05, 4.69) is 15.0 Å². The van der Waals surface area contributed by atoms with Gasteiger partial charge in [-0.1, -0.05) is 48.5 Å². The molecule has 4 rings (SSSR count). The molecule has 1 N–H and O–H groups in total. The second-order valence-corrected chi connectivity index (χ2v) is 6.35. The number of Topliss-reactive ketones (excluding diaryl/α,β-unsaturated/α-hetero) is 1. The van der Waals surface area contributed by atoms with E-state index in [0.717, 1.165) is 10.9 Å². The van der Waals surface area contributed by atoms with Crippen LogP contribution in [-0.2, 0) is 4.74 Å². The van der Waals surface area contributed by atoms with Crippen LogP contribution in [-0.4, -0.2) is 26.7 Å². The van der Waals surface area contributed by atoms with Gasteiger partial charge in [0.2, 0.25) is 5.78 Å². The van der Waals surface area contributed by atoms with E-state index < -0.39 is 12.1 Å². The van der Waals surface area contributed by atoms with Crippen molar-refractivity contribution in [3.05, 3.63) is 95.7 Å². The predicted octanol–water partition coefficient (Wildman–Crippen LogP) is 4.05. The van der Waals surface area contributed by atoms with Gasteiger partial charge in [-0.25, -0.2) is 9.78 Å². The lowest BCUT2D eigenvalue weighted by Crippen LogP contribution is -2.21. The summed E-state index contributed by atoms with van der Waals surface area (Å²) in [6, 6.07) is 16.4. The number of nitrogens with zero attached hydrogens (tertiary/aromatic N) is 2. The summed E-state index contributed by atoms with van der Waals surface area (Å²) >= 11 is 0. The van der Waals surface area contributed by atoms with Crippen LogP contribution in [0.4, 0.5) is 0 Å². The van der Waals surface area contributed by atoms with Gasteiger partial charge in [0.1, 0.15) is 0 Å². The van der Waals surface area contributed by atoms with Gasteiger partial charge in [0.25, 0.3) is 0 Å². The number of H-pyrrole nitrogens is 1. The molecule has 28 heavy (non-hydrogen) atoms. The lowest BCUT2D eigenvalue weighted by molar-refractivity contribution is 0.0274. The Kier molecular flexibility index (Phi) is 4.68. The minimum Gasteiger partial charge on any atom is -0.444 e. The van der Waals surface area contributed by atoms with E-state index >= 15 is 0 Å². The molecule has 0 amide bonds. The third kappa shape index (κ3) is 3.40. The fourth-order valence-corrected chi connectivity index (χ4v) is 2.98. The Balaban J connectivity index is 1.70. The van der Waals surface area contributed by atoms with Gasteiger partial charge in [-0.05, 0) is 13.0 Å². The van der Waals surface area contributed by atoms with E-state index in [1.54, 1.807) is 37.4 Å². The number of aromatic amines is 1. The number of ether oxygens (including phenoxy) is 1. The van der Waals surface area contributed by atoms with Crippen molar-refractivity contribution in [2.75, 3.05) is 0 Å². The molecule has 0 radical (unpaired) electrons. The number of ketones is 1. The van der Waals surface area contributed by atoms with Crippen LogP contribution >= 0.6 is 0 Å². The fraction of sp³-hybridized carbons (Fsp3) is 0.0909. The molecule has 0 bridgehead atoms. The fourth-order valence-electron chi connectivity index (χ4n) is 2.98. The van der Waals surface area contributed by atoms with Crippen LogP contribution in [0.3, 0.4) is 0 Å². The first kappa shape index (κ1) is 17.6. The Labute approximate surface area is 161 Å². The van der Waals surface area contributed by atoms with Gasteiger partial charge in [0.05, 0.1) is 11.9 Å². The van der Waals surface area contributed by atoms with Gasteiger partial charge in [0, 0.05) is 34.4 Å². The number of para-hydroxylation sites is 1. The number of aryl methyl sites for hydroxylation is 1. The summed E-state index contributed by atoms with van der Waals surface area (Å²) in [6.45, 7) is 1.77. The molecular weight excluding hydrogens is 354 g/mol. The summed E-state index contributed by atoms with van der Waals surface area (Å²) in [4.78, 5) is 37.1. The Bertz CT molecular complexity index is 1130. The molecule has 0 aliphatic carbocycles. The Morgan fingerprint density at radius 2 is 1.71 bits per heavy atom. The zero-order valence-corrected chi connectivity index (χ0v) is 15.1. The quantitative estimate of drug-likeness (QED) is 0.423. The standard InChI is InChI=1S/C22H17N3O3/c1-14-11-24-19(13-23-14)22(27)28-21(15-7-3-2-4-8-15)20(26)17-12-25-18-10-6-5-9-16(17)18/h2-13,21,25H,1H3/t21-/m0/s1. The lowest BCUT2D eigenvalue weighted by Gasteiger charge is -2.17. The van der Waals surface area contributed by atoms with Crippen molar-refractivity contribution in [1.82, 2.24) is 15.0 Å². The number of rotatable bonds is 5. The van der Waals surface area contributed by atoms with Crippen molar-refractivity contribution in [3.8, 4) is 0 Å². The zero-order chi connectivity index (χ0) is 19.5. The van der Waals surface area contributed by atoms with Crippen LogP contribution in [0.2, 0.25) is 0 Å². The molecule has 0 spiro atoms. The maximum atomic E-state index is 13.3. The van der Waals surface area contributed by atoms with Crippen LogP contribution in [0, 0.1) is 6.92 Å². The van der Waals surface area contributed by atoms with Crippen LogP contribution in [0.1, 0.15) is 38.2 Å². The molecule has 0 saturated carbocycles. The molecular formula is C22H17N3O3. The van der Waals surface area contributed by atoms with Crippen molar-refractivity contribution < 1.29 is 14.3 Å². The van der Waals surface area contributed by atoms with Crippen molar-refractivity contribution in [2.24, 2.45) is 0 Å². The molecule has 4 aromatic rings. The highest BCUT2D eigenvalue weighted by molar-refractivity contribution is 6.10. The van der Waals surface area contributed by atoms with Gasteiger partial charge in [-0.3, -0.25) is 9.78 Å². The smallest absolute Gasteiger partial charge is 0.359 e. The number of esters is 1. The number of carbonyl (C=O) groups is 2. The minimum absolute atomic E-state index is 0.0539. The van der Waals surface area contributed by atoms with Gasteiger partial charge >= 0.3 is 5.97 Å². The molecule has 6 heteroatoms. The number of hydrogen-bond donors (Lipinski definition) is 1. The number of hydrogen-bond acceptors (Lipinski definition) is 5.